The third kappa shape index (κ3) is 3.30. The van der Waals surface area contributed by atoms with Gasteiger partial charge in [-0.15, -0.1) is 22.7 Å². The molecule has 3 heterocycles. The average molecular weight is 324 g/mol. The van der Waals surface area contributed by atoms with Crippen LogP contribution in [0.15, 0.2) is 42.0 Å². The molecule has 3 nitrogen and oxygen atoms in total. The highest BCUT2D eigenvalue weighted by atomic mass is 35.5. The topological polar surface area (TPSA) is 40.7 Å². The number of hydrogen-bond acceptors (Lipinski definition) is 4. The summed E-state index contributed by atoms with van der Waals surface area (Å²) in [5.74, 6) is 1.01. The fourth-order valence-electron chi connectivity index (χ4n) is 2.05. The Morgan fingerprint density at radius 3 is 2.90 bits per heavy atom. The molecule has 0 spiro atoms. The third-order valence-electron chi connectivity index (χ3n) is 2.97. The van der Waals surface area contributed by atoms with Crippen LogP contribution in [0, 0.1) is 0 Å². The van der Waals surface area contributed by atoms with E-state index in [1.807, 2.05) is 12.3 Å². The van der Waals surface area contributed by atoms with Gasteiger partial charge in [-0.2, -0.15) is 0 Å². The van der Waals surface area contributed by atoms with Crippen LogP contribution in [0.5, 0.6) is 0 Å². The fraction of sp³-hybridized carbons (Fsp3) is 0.214. The van der Waals surface area contributed by atoms with E-state index in [9.17, 15) is 0 Å². The van der Waals surface area contributed by atoms with Crippen molar-refractivity contribution in [2.75, 3.05) is 6.54 Å². The number of nitrogens with one attached hydrogen (secondary N) is 2. The quantitative estimate of drug-likeness (QED) is 0.716. The molecule has 0 aliphatic heterocycles. The number of rotatable bonds is 6. The van der Waals surface area contributed by atoms with E-state index in [0.717, 1.165) is 23.1 Å². The maximum atomic E-state index is 6.06. The van der Waals surface area contributed by atoms with E-state index < -0.39 is 0 Å². The minimum Gasteiger partial charge on any atom is -0.349 e. The summed E-state index contributed by atoms with van der Waals surface area (Å²) in [5, 5.41) is 5.70. The Balaban J connectivity index is 1.70. The minimum atomic E-state index is 0.211. The summed E-state index contributed by atoms with van der Waals surface area (Å²) >= 11 is 9.45. The van der Waals surface area contributed by atoms with E-state index >= 15 is 0 Å². The van der Waals surface area contributed by atoms with Gasteiger partial charge in [0, 0.05) is 35.1 Å². The van der Waals surface area contributed by atoms with Gasteiger partial charge in [-0.05, 0) is 23.6 Å². The zero-order valence-corrected chi connectivity index (χ0v) is 13.1. The van der Waals surface area contributed by atoms with E-state index in [1.54, 1.807) is 28.9 Å². The maximum Gasteiger partial charge on any atom is 0.107 e. The van der Waals surface area contributed by atoms with Crippen LogP contribution < -0.4 is 5.32 Å². The highest BCUT2D eigenvalue weighted by molar-refractivity contribution is 7.16. The molecule has 3 rings (SSSR count). The third-order valence-corrected chi connectivity index (χ3v) is 5.20. The van der Waals surface area contributed by atoms with Crippen LogP contribution in [0.3, 0.4) is 0 Å². The predicted molar refractivity (Wildman–Crippen MR) is 85.8 cm³/mol. The van der Waals surface area contributed by atoms with Crippen LogP contribution in [0.4, 0.5) is 0 Å². The van der Waals surface area contributed by atoms with Gasteiger partial charge in [0.15, 0.2) is 0 Å². The molecule has 3 aromatic heterocycles. The summed E-state index contributed by atoms with van der Waals surface area (Å²) in [6, 6.07) is 8.50. The second-order valence-corrected chi connectivity index (χ2v) is 7.06. The van der Waals surface area contributed by atoms with E-state index in [-0.39, 0.29) is 6.04 Å². The molecule has 0 aliphatic carbocycles. The summed E-state index contributed by atoms with van der Waals surface area (Å²) in [6.45, 7) is 0.867. The van der Waals surface area contributed by atoms with Crippen LogP contribution in [-0.2, 0) is 6.42 Å². The Labute approximate surface area is 130 Å². The summed E-state index contributed by atoms with van der Waals surface area (Å²) in [5.41, 5.74) is 0. The SMILES string of the molecule is Clc1ccc(C(NCCc2ncc[nH]2)c2cccs2)s1. The Hall–Kier alpha value is -1.14. The molecule has 0 aliphatic rings. The highest BCUT2D eigenvalue weighted by Crippen LogP contribution is 2.32. The van der Waals surface area contributed by atoms with Gasteiger partial charge in [0.25, 0.3) is 0 Å². The Bertz CT molecular complexity index is 631. The van der Waals surface area contributed by atoms with Gasteiger partial charge < -0.3 is 10.3 Å². The van der Waals surface area contributed by atoms with E-state index in [4.69, 9.17) is 11.6 Å². The Morgan fingerprint density at radius 2 is 2.25 bits per heavy atom. The lowest BCUT2D eigenvalue weighted by atomic mass is 10.2. The molecule has 1 unspecified atom stereocenters. The van der Waals surface area contributed by atoms with Crippen LogP contribution in [0.1, 0.15) is 21.6 Å². The summed E-state index contributed by atoms with van der Waals surface area (Å²) in [7, 11) is 0. The number of thiophene rings is 2. The molecule has 0 radical (unpaired) electrons. The first-order valence-corrected chi connectivity index (χ1v) is 8.40. The van der Waals surface area contributed by atoms with Gasteiger partial charge in [-0.3, -0.25) is 0 Å². The first-order chi connectivity index (χ1) is 9.83. The molecule has 0 fully saturated rings. The number of nitrogens with zero attached hydrogens (tertiary/aromatic N) is 1. The van der Waals surface area contributed by atoms with Crippen molar-refractivity contribution < 1.29 is 0 Å². The molecule has 2 N–H and O–H groups in total. The van der Waals surface area contributed by atoms with Gasteiger partial charge in [-0.25, -0.2) is 4.98 Å². The maximum absolute atomic E-state index is 6.06. The number of aromatic amines is 1. The van der Waals surface area contributed by atoms with Crippen molar-refractivity contribution in [2.45, 2.75) is 12.5 Å². The Morgan fingerprint density at radius 1 is 1.30 bits per heavy atom. The van der Waals surface area contributed by atoms with Gasteiger partial charge in [-0.1, -0.05) is 17.7 Å². The van der Waals surface area contributed by atoms with Gasteiger partial charge in [0.2, 0.25) is 0 Å². The molecular formula is C14H14ClN3S2. The fourth-order valence-corrected chi connectivity index (χ4v) is 4.10. The van der Waals surface area contributed by atoms with Crippen molar-refractivity contribution in [1.29, 1.82) is 0 Å². The van der Waals surface area contributed by atoms with Crippen LogP contribution >= 0.6 is 34.3 Å². The number of hydrogen-bond donors (Lipinski definition) is 2. The predicted octanol–water partition coefficient (Wildman–Crippen LogP) is 4.11. The van der Waals surface area contributed by atoms with Crippen molar-refractivity contribution in [3.63, 3.8) is 0 Å². The standard InChI is InChI=1S/C14H14ClN3S2/c15-12-4-3-11(20-12)14(10-2-1-9-19-10)18-6-5-13-16-7-8-17-13/h1-4,7-9,14,18H,5-6H2,(H,16,17). The molecule has 0 amide bonds. The number of imidazole rings is 1. The molecule has 104 valence electrons. The number of H-pyrrole nitrogens is 1. The Kier molecular flexibility index (Phi) is 4.52. The molecule has 0 bridgehead atoms. The van der Waals surface area contributed by atoms with Crippen molar-refractivity contribution >= 4 is 34.3 Å². The largest absolute Gasteiger partial charge is 0.349 e. The lowest BCUT2D eigenvalue weighted by Crippen LogP contribution is -2.23. The van der Waals surface area contributed by atoms with Crippen LogP contribution in [0.2, 0.25) is 4.34 Å². The van der Waals surface area contributed by atoms with Crippen LogP contribution in [-0.4, -0.2) is 16.5 Å². The molecule has 0 saturated heterocycles. The molecule has 6 heteroatoms. The van der Waals surface area contributed by atoms with Gasteiger partial charge in [0.1, 0.15) is 5.82 Å². The zero-order valence-electron chi connectivity index (χ0n) is 10.7. The number of halogens is 1. The van der Waals surface area contributed by atoms with Crippen molar-refractivity contribution in [3.8, 4) is 0 Å². The molecule has 20 heavy (non-hydrogen) atoms. The average Bonchev–Trinajstić information content (AvgIpc) is 3.17. The minimum absolute atomic E-state index is 0.211. The molecule has 0 aromatic carbocycles. The van der Waals surface area contributed by atoms with Crippen molar-refractivity contribution in [1.82, 2.24) is 15.3 Å². The van der Waals surface area contributed by atoms with Crippen molar-refractivity contribution in [3.05, 3.63) is 62.0 Å². The first-order valence-electron chi connectivity index (χ1n) is 6.33. The normalized spacial score (nSPS) is 12.7. The lowest BCUT2D eigenvalue weighted by Gasteiger charge is -2.15. The molecular weight excluding hydrogens is 310 g/mol. The van der Waals surface area contributed by atoms with E-state index in [1.165, 1.54) is 9.75 Å². The first kappa shape index (κ1) is 13.8. The number of aromatic nitrogens is 2. The zero-order chi connectivity index (χ0) is 13.8. The summed E-state index contributed by atoms with van der Waals surface area (Å²) < 4.78 is 0.828. The van der Waals surface area contributed by atoms with Crippen molar-refractivity contribution in [2.24, 2.45) is 0 Å². The van der Waals surface area contributed by atoms with Crippen LogP contribution in [0.25, 0.3) is 0 Å². The monoisotopic (exact) mass is 323 g/mol. The van der Waals surface area contributed by atoms with Gasteiger partial charge >= 0.3 is 0 Å². The molecule has 3 aromatic rings. The molecule has 0 saturated carbocycles. The second-order valence-electron chi connectivity index (χ2n) is 4.33. The van der Waals surface area contributed by atoms with E-state index in [2.05, 4.69) is 38.9 Å². The highest BCUT2D eigenvalue weighted by Gasteiger charge is 2.16. The molecule has 1 atom stereocenters. The smallest absolute Gasteiger partial charge is 0.107 e. The summed E-state index contributed by atoms with van der Waals surface area (Å²) in [6.07, 6.45) is 4.52. The van der Waals surface area contributed by atoms with E-state index in [0.29, 0.717) is 0 Å². The lowest BCUT2D eigenvalue weighted by molar-refractivity contribution is 0.613. The van der Waals surface area contributed by atoms with Gasteiger partial charge in [0.05, 0.1) is 10.4 Å². The summed E-state index contributed by atoms with van der Waals surface area (Å²) in [4.78, 5) is 9.92. The second kappa shape index (κ2) is 6.54.